The summed E-state index contributed by atoms with van der Waals surface area (Å²) in [7, 11) is 0. The minimum atomic E-state index is -1.04. The lowest BCUT2D eigenvalue weighted by Crippen LogP contribution is -2.26. The predicted octanol–water partition coefficient (Wildman–Crippen LogP) is 5.84. The highest BCUT2D eigenvalue weighted by Crippen LogP contribution is 2.31. The first-order valence-electron chi connectivity index (χ1n) is 25.0. The van der Waals surface area contributed by atoms with Crippen LogP contribution in [-0.2, 0) is 0 Å². The fraction of sp³-hybridized carbons (Fsp3) is 0.0167. The summed E-state index contributed by atoms with van der Waals surface area (Å²) in [6, 6.07) is 47.2. The van der Waals surface area contributed by atoms with E-state index < -0.39 is 5.92 Å². The molecule has 6 aromatic carbocycles. The van der Waals surface area contributed by atoms with Gasteiger partial charge >= 0.3 is 11.4 Å². The van der Waals surface area contributed by atoms with Gasteiger partial charge in [0.2, 0.25) is 11.6 Å². The van der Waals surface area contributed by atoms with Crippen molar-refractivity contribution >= 4 is 38.8 Å². The molecular formula is C60H22N24O2. The molecule has 1 atom stereocenters. The molecule has 0 saturated carbocycles. The van der Waals surface area contributed by atoms with Crippen molar-refractivity contribution in [3.63, 3.8) is 0 Å². The highest BCUT2D eigenvalue weighted by Gasteiger charge is 2.28. The van der Waals surface area contributed by atoms with E-state index in [1.54, 1.807) is 78.9 Å². The van der Waals surface area contributed by atoms with Crippen LogP contribution < -0.4 is 32.1 Å². The molecule has 3 aliphatic rings. The third-order valence-corrected chi connectivity index (χ3v) is 13.0. The van der Waals surface area contributed by atoms with Crippen LogP contribution in [0.5, 0.6) is 0 Å². The third kappa shape index (κ3) is 8.95. The fourth-order valence-electron chi connectivity index (χ4n) is 9.06. The average molecular weight is 1110 g/mol. The maximum atomic E-state index is 10.3. The van der Waals surface area contributed by atoms with E-state index in [0.717, 1.165) is 5.52 Å². The summed E-state index contributed by atoms with van der Waals surface area (Å²) in [6.07, 6.45) is 0. The summed E-state index contributed by atoms with van der Waals surface area (Å²) in [5.74, 6) is -0.513. The number of nitrogens with one attached hydrogen (secondary N) is 1. The molecule has 26 nitrogen and oxygen atoms in total. The van der Waals surface area contributed by atoms with Crippen LogP contribution in [-0.4, -0.2) is 49.8 Å². The van der Waals surface area contributed by atoms with E-state index in [1.807, 2.05) is 54.6 Å². The molecule has 86 heavy (non-hydrogen) atoms. The number of benzene rings is 6. The van der Waals surface area contributed by atoms with Gasteiger partial charge in [-0.1, -0.05) is 48.5 Å². The molecule has 11 aromatic rings. The van der Waals surface area contributed by atoms with Gasteiger partial charge in [-0.15, -0.1) is 0 Å². The minimum absolute atomic E-state index is 0.00596. The van der Waals surface area contributed by atoms with E-state index in [1.165, 1.54) is 0 Å². The lowest BCUT2D eigenvalue weighted by atomic mass is 10.1. The first kappa shape index (κ1) is 51.1. The van der Waals surface area contributed by atoms with Crippen molar-refractivity contribution in [2.75, 3.05) is 0 Å². The standard InChI is InChI=1S/C30H12N12O.C30H10N12O/c2*1-34-22(14-33)28-37-21-11-10-15(16(12-31)24(21)39-28)25-40-27(17(13-32)26-35-18-6-2-3-7-19(18)36-26)42-29(41-25)30-38-20-8-4-5-9-23(20)43-30/h2-11,17H,(H,35,36);2-11H/b2*28-22+. The number of nitrogens with zero attached hydrogens (tertiary/aromatic N) is 23. The zero-order valence-electron chi connectivity index (χ0n) is 43.2. The fourth-order valence-corrected chi connectivity index (χ4v) is 9.06. The molecule has 1 N–H and O–H groups in total. The normalized spacial score (nSPS) is 13.6. The molecule has 26 heteroatoms. The van der Waals surface area contributed by atoms with Crippen molar-refractivity contribution in [3.05, 3.63) is 234 Å². The number of rotatable bonds is 7. The number of aromatic amines is 1. The predicted molar refractivity (Wildman–Crippen MR) is 294 cm³/mol. The number of hydrogen-bond acceptors (Lipinski definition) is 23. The van der Waals surface area contributed by atoms with E-state index in [4.69, 9.17) is 22.0 Å². The molecule has 0 aliphatic carbocycles. The molecule has 3 aliphatic heterocycles. The Kier molecular flexibility index (Phi) is 12.5. The summed E-state index contributed by atoms with van der Waals surface area (Å²) >= 11 is 0. The van der Waals surface area contributed by atoms with Crippen molar-refractivity contribution in [3.8, 4) is 82.6 Å². The van der Waals surface area contributed by atoms with Gasteiger partial charge < -0.3 is 13.8 Å². The molecule has 8 heterocycles. The molecule has 0 bridgehead atoms. The van der Waals surface area contributed by atoms with Crippen LogP contribution in [0.4, 0.5) is 0 Å². The first-order valence-corrected chi connectivity index (χ1v) is 25.0. The van der Waals surface area contributed by atoms with Gasteiger partial charge in [0.05, 0.1) is 74.9 Å². The zero-order valence-corrected chi connectivity index (χ0v) is 43.2. The lowest BCUT2D eigenvalue weighted by Gasteiger charge is -2.09. The highest BCUT2D eigenvalue weighted by molar-refractivity contribution is 5.80. The third-order valence-electron chi connectivity index (χ3n) is 13.0. The van der Waals surface area contributed by atoms with Crippen LogP contribution in [0, 0.1) is 81.1 Å². The zero-order chi connectivity index (χ0) is 59.0. The van der Waals surface area contributed by atoms with Crippen molar-refractivity contribution < 1.29 is 8.83 Å². The van der Waals surface area contributed by atoms with Gasteiger partial charge in [-0.2, -0.15) is 21.0 Å². The molecule has 0 spiro atoms. The second-order valence-corrected chi connectivity index (χ2v) is 18.0. The Morgan fingerprint density at radius 2 is 0.930 bits per heavy atom. The lowest BCUT2D eigenvalue weighted by molar-refractivity contribution is 0.610. The van der Waals surface area contributed by atoms with Crippen molar-refractivity contribution in [2.24, 2.45) is 30.0 Å². The first-order chi connectivity index (χ1) is 42.2. The maximum absolute atomic E-state index is 10.3. The van der Waals surface area contributed by atoms with Crippen LogP contribution in [0.3, 0.4) is 0 Å². The molecule has 0 amide bonds. The number of fused-ring (bicyclic) bond motifs is 6. The van der Waals surface area contributed by atoms with E-state index in [9.17, 15) is 31.6 Å². The average Bonchev–Trinajstić information content (AvgIpc) is 2.22. The largest absolute Gasteiger partial charge is 0.434 e. The van der Waals surface area contributed by atoms with Crippen LogP contribution >= 0.6 is 0 Å². The van der Waals surface area contributed by atoms with Gasteiger partial charge in [0, 0.05) is 11.1 Å². The molecular weight excluding hydrogens is 1090 g/mol. The molecule has 0 radical (unpaired) electrons. The van der Waals surface area contributed by atoms with Crippen molar-refractivity contribution in [2.45, 2.75) is 5.92 Å². The summed E-state index contributed by atoms with van der Waals surface area (Å²) in [5, 5.41) is 61.5. The summed E-state index contributed by atoms with van der Waals surface area (Å²) in [5.41, 5.74) is 3.56. The topological polar surface area (TPSA) is 384 Å². The summed E-state index contributed by atoms with van der Waals surface area (Å²) in [6.45, 7) is 14.4. The Bertz CT molecular complexity index is 5590. The second-order valence-electron chi connectivity index (χ2n) is 18.0. The van der Waals surface area contributed by atoms with Gasteiger partial charge in [0.1, 0.15) is 51.4 Å². The minimum Gasteiger partial charge on any atom is -0.434 e. The van der Waals surface area contributed by atoms with Crippen LogP contribution in [0.2, 0.25) is 0 Å². The maximum Gasteiger partial charge on any atom is 0.305 e. The van der Waals surface area contributed by atoms with Crippen molar-refractivity contribution in [1.29, 1.82) is 31.6 Å². The number of imidazole rings is 1. The smallest absolute Gasteiger partial charge is 0.305 e. The molecule has 394 valence electrons. The van der Waals surface area contributed by atoms with Crippen LogP contribution in [0.15, 0.2) is 189 Å². The second kappa shape index (κ2) is 21.1. The number of allylic oxidation sites excluding steroid dienone is 3. The van der Waals surface area contributed by atoms with Gasteiger partial charge in [-0.25, -0.2) is 95.0 Å². The molecule has 0 saturated heterocycles. The SMILES string of the molecule is [C-]#[N+]/C(C#N)=C1\N=c2ccc(-c3nc(-c4nc5ccccc5o4)nc(C(C#N)c4nc5ccccc5[nH]4)n3)c(C#N)c2=N1.[C-]#[N+]/C(C#N)=C1\N=c2ccc(-c3nc(C(C#N)=C4N=c5ccccc5=N4)nc(-c4nc5ccccc5o4)n3)c(C#N)c2=N1. The number of nitriles is 6. The summed E-state index contributed by atoms with van der Waals surface area (Å²) in [4.78, 5) is 76.4. The monoisotopic (exact) mass is 1110 g/mol. The number of aromatic nitrogens is 10. The Hall–Kier alpha value is -14.3. The van der Waals surface area contributed by atoms with Gasteiger partial charge in [0.15, 0.2) is 57.8 Å². The van der Waals surface area contributed by atoms with E-state index in [2.05, 4.69) is 114 Å². The van der Waals surface area contributed by atoms with Gasteiger partial charge in [-0.05, 0) is 72.8 Å². The number of H-pyrrole nitrogens is 1. The highest BCUT2D eigenvalue weighted by atomic mass is 16.4. The molecule has 5 aromatic heterocycles. The van der Waals surface area contributed by atoms with Gasteiger partial charge in [-0.3, -0.25) is 0 Å². The number of oxazole rings is 2. The van der Waals surface area contributed by atoms with Crippen LogP contribution in [0.1, 0.15) is 34.5 Å². The molecule has 0 fully saturated rings. The Labute approximate surface area is 479 Å². The summed E-state index contributed by atoms with van der Waals surface area (Å²) < 4.78 is 11.8. The van der Waals surface area contributed by atoms with Gasteiger partial charge in [0.25, 0.3) is 11.8 Å². The van der Waals surface area contributed by atoms with E-state index in [0.29, 0.717) is 55.0 Å². The molecule has 14 rings (SSSR count). The van der Waals surface area contributed by atoms with E-state index in [-0.39, 0.29) is 114 Å². The Balaban J connectivity index is 0.000000160. The van der Waals surface area contributed by atoms with E-state index >= 15 is 0 Å². The Morgan fingerprint density at radius 3 is 1.43 bits per heavy atom. The Morgan fingerprint density at radius 1 is 0.453 bits per heavy atom. The van der Waals surface area contributed by atoms with Crippen LogP contribution in [0.25, 0.3) is 94.7 Å². The number of hydrogen-bond donors (Lipinski definition) is 1. The van der Waals surface area contributed by atoms with Crippen molar-refractivity contribution in [1.82, 2.24) is 49.8 Å². The molecule has 1 unspecified atom stereocenters. The quantitative estimate of drug-likeness (QED) is 0.144. The number of para-hydroxylation sites is 8.